The Morgan fingerprint density at radius 3 is 2.80 bits per heavy atom. The van der Waals surface area contributed by atoms with Gasteiger partial charge in [-0.25, -0.2) is 9.59 Å². The summed E-state index contributed by atoms with van der Waals surface area (Å²) in [6.45, 7) is 5.76. The fourth-order valence-corrected chi connectivity index (χ4v) is 4.55. The van der Waals surface area contributed by atoms with Gasteiger partial charge in [0.1, 0.15) is 11.6 Å². The van der Waals surface area contributed by atoms with Gasteiger partial charge in [0.25, 0.3) is 5.22 Å². The van der Waals surface area contributed by atoms with Crippen molar-refractivity contribution in [3.8, 4) is 0 Å². The minimum atomic E-state index is -1.04. The number of carbonyl (C=O) groups excluding carboxylic acids is 2. The molecule has 1 atom stereocenters. The predicted molar refractivity (Wildman–Crippen MR) is 127 cm³/mol. The van der Waals surface area contributed by atoms with E-state index >= 15 is 0 Å². The van der Waals surface area contributed by atoms with E-state index in [-0.39, 0.29) is 36.4 Å². The highest BCUT2D eigenvalue weighted by atomic mass is 32.2. The molecule has 4 rings (SSSR count). The van der Waals surface area contributed by atoms with Crippen molar-refractivity contribution in [3.63, 3.8) is 0 Å². The third-order valence-corrected chi connectivity index (χ3v) is 6.19. The predicted octanol–water partition coefficient (Wildman–Crippen LogP) is 2.75. The second-order valence-electron chi connectivity index (χ2n) is 9.14. The minimum absolute atomic E-state index is 0.0445. The summed E-state index contributed by atoms with van der Waals surface area (Å²) in [5.41, 5.74) is 2.12. The SMILES string of the molecule is CC(C)(C)OC(=O)NCCc1nnc(SCC(=O)N2Cc3[nH]c4ccccc4c3C[C@@H]2C(=O)O)o1. The van der Waals surface area contributed by atoms with Crippen LogP contribution in [-0.2, 0) is 33.7 Å². The Balaban J connectivity index is 1.33. The highest BCUT2D eigenvalue weighted by Gasteiger charge is 2.36. The van der Waals surface area contributed by atoms with Crippen molar-refractivity contribution in [1.82, 2.24) is 25.4 Å². The van der Waals surface area contributed by atoms with Crippen LogP contribution in [0.25, 0.3) is 10.9 Å². The zero-order chi connectivity index (χ0) is 25.2. The first-order valence-electron chi connectivity index (χ1n) is 11.1. The zero-order valence-corrected chi connectivity index (χ0v) is 20.5. The van der Waals surface area contributed by atoms with Crippen LogP contribution in [-0.4, -0.2) is 67.1 Å². The number of hydrogen-bond acceptors (Lipinski definition) is 8. The number of hydrogen-bond donors (Lipinski definition) is 3. The number of carboxylic acids is 1. The van der Waals surface area contributed by atoms with Gasteiger partial charge in [-0.1, -0.05) is 30.0 Å². The van der Waals surface area contributed by atoms with Crippen molar-refractivity contribution >= 4 is 40.6 Å². The lowest BCUT2D eigenvalue weighted by atomic mass is 9.96. The molecule has 0 bridgehead atoms. The number of rotatable bonds is 7. The molecule has 0 saturated carbocycles. The fourth-order valence-electron chi connectivity index (χ4n) is 3.88. The number of aromatic nitrogens is 3. The molecule has 0 aliphatic carbocycles. The molecular formula is C23H27N5O6S. The standard InChI is InChI=1S/C23H27N5O6S/c1-23(2,3)34-21(32)24-9-8-18-26-27-22(33-18)35-12-19(29)28-11-16-14(10-17(28)20(30)31)13-6-4-5-7-15(13)25-16/h4-7,17,25H,8-12H2,1-3H3,(H,24,32)(H,30,31)/t17-/m1/s1. The van der Waals surface area contributed by atoms with Gasteiger partial charge in [-0.05, 0) is 32.4 Å². The van der Waals surface area contributed by atoms with Crippen LogP contribution in [0.3, 0.4) is 0 Å². The van der Waals surface area contributed by atoms with Crippen LogP contribution in [0.15, 0.2) is 33.9 Å². The van der Waals surface area contributed by atoms with E-state index in [2.05, 4.69) is 20.5 Å². The molecule has 0 spiro atoms. The van der Waals surface area contributed by atoms with Gasteiger partial charge in [0.2, 0.25) is 11.8 Å². The number of thioether (sulfide) groups is 1. The van der Waals surface area contributed by atoms with E-state index in [1.807, 2.05) is 24.3 Å². The number of alkyl carbamates (subject to hydrolysis) is 1. The van der Waals surface area contributed by atoms with Crippen LogP contribution < -0.4 is 5.32 Å². The summed E-state index contributed by atoms with van der Waals surface area (Å²) < 4.78 is 10.7. The Labute approximate surface area is 205 Å². The van der Waals surface area contributed by atoms with Gasteiger partial charge in [0.05, 0.1) is 12.3 Å². The third kappa shape index (κ3) is 5.94. The van der Waals surface area contributed by atoms with Crippen LogP contribution in [0.2, 0.25) is 0 Å². The Hall–Kier alpha value is -3.54. The van der Waals surface area contributed by atoms with Crippen molar-refractivity contribution in [2.75, 3.05) is 12.3 Å². The number of nitrogens with zero attached hydrogens (tertiary/aromatic N) is 3. The second kappa shape index (κ2) is 9.98. The number of amides is 2. The number of para-hydroxylation sites is 1. The van der Waals surface area contributed by atoms with Gasteiger partial charge < -0.3 is 29.5 Å². The van der Waals surface area contributed by atoms with E-state index in [1.54, 1.807) is 20.8 Å². The number of carbonyl (C=O) groups is 3. The lowest BCUT2D eigenvalue weighted by Crippen LogP contribution is -2.49. The van der Waals surface area contributed by atoms with Crippen molar-refractivity contribution in [1.29, 1.82) is 0 Å². The summed E-state index contributed by atoms with van der Waals surface area (Å²) in [6, 6.07) is 6.75. The summed E-state index contributed by atoms with van der Waals surface area (Å²) >= 11 is 1.04. The lowest BCUT2D eigenvalue weighted by Gasteiger charge is -2.33. The Morgan fingerprint density at radius 2 is 2.06 bits per heavy atom. The van der Waals surface area contributed by atoms with Gasteiger partial charge in [0.15, 0.2) is 0 Å². The van der Waals surface area contributed by atoms with Crippen molar-refractivity contribution in [3.05, 3.63) is 41.4 Å². The lowest BCUT2D eigenvalue weighted by molar-refractivity contribution is -0.150. The average Bonchev–Trinajstić information content (AvgIpc) is 3.39. The van der Waals surface area contributed by atoms with Gasteiger partial charge in [-0.15, -0.1) is 10.2 Å². The van der Waals surface area contributed by atoms with Gasteiger partial charge in [-0.3, -0.25) is 4.79 Å². The highest BCUT2D eigenvalue weighted by molar-refractivity contribution is 7.99. The molecular weight excluding hydrogens is 474 g/mol. The Morgan fingerprint density at radius 1 is 1.29 bits per heavy atom. The molecule has 3 aromatic rings. The Bertz CT molecular complexity index is 1250. The summed E-state index contributed by atoms with van der Waals surface area (Å²) in [5, 5.41) is 21.4. The number of ether oxygens (including phenoxy) is 1. The van der Waals surface area contributed by atoms with Crippen molar-refractivity contribution in [2.45, 2.75) is 57.0 Å². The van der Waals surface area contributed by atoms with Gasteiger partial charge >= 0.3 is 12.1 Å². The first-order valence-corrected chi connectivity index (χ1v) is 12.1. The molecule has 0 fully saturated rings. The molecule has 12 heteroatoms. The smallest absolute Gasteiger partial charge is 0.407 e. The Kier molecular flexibility index (Phi) is 7.01. The van der Waals surface area contributed by atoms with Gasteiger partial charge in [0, 0.05) is 36.0 Å². The van der Waals surface area contributed by atoms with Crippen LogP contribution >= 0.6 is 11.8 Å². The molecule has 186 valence electrons. The summed E-state index contributed by atoms with van der Waals surface area (Å²) in [7, 11) is 0. The minimum Gasteiger partial charge on any atom is -0.480 e. The van der Waals surface area contributed by atoms with Crippen LogP contribution in [0.1, 0.15) is 37.9 Å². The molecule has 2 amide bonds. The molecule has 1 aromatic carbocycles. The quantitative estimate of drug-likeness (QED) is 0.415. The molecule has 0 radical (unpaired) electrons. The molecule has 0 saturated heterocycles. The first-order chi connectivity index (χ1) is 16.6. The molecule has 1 aliphatic rings. The van der Waals surface area contributed by atoms with E-state index in [4.69, 9.17) is 9.15 Å². The molecule has 1 aliphatic heterocycles. The topological polar surface area (TPSA) is 151 Å². The van der Waals surface area contributed by atoms with E-state index < -0.39 is 23.7 Å². The van der Waals surface area contributed by atoms with Crippen molar-refractivity contribution in [2.24, 2.45) is 0 Å². The summed E-state index contributed by atoms with van der Waals surface area (Å²) in [6.07, 6.45) is 0.00207. The van der Waals surface area contributed by atoms with Crippen LogP contribution in [0.4, 0.5) is 4.79 Å². The molecule has 11 nitrogen and oxygen atoms in total. The maximum absolute atomic E-state index is 13.0. The highest BCUT2D eigenvalue weighted by Crippen LogP contribution is 2.31. The monoisotopic (exact) mass is 501 g/mol. The summed E-state index contributed by atoms with van der Waals surface area (Å²) in [5.74, 6) is -1.12. The van der Waals surface area contributed by atoms with E-state index in [1.165, 1.54) is 4.90 Å². The number of aromatic amines is 1. The largest absolute Gasteiger partial charge is 0.480 e. The van der Waals surface area contributed by atoms with Gasteiger partial charge in [-0.2, -0.15) is 0 Å². The summed E-state index contributed by atoms with van der Waals surface area (Å²) in [4.78, 5) is 41.3. The molecule has 3 N–H and O–H groups in total. The van der Waals surface area contributed by atoms with E-state index in [9.17, 15) is 19.5 Å². The normalized spacial score (nSPS) is 15.6. The number of nitrogens with one attached hydrogen (secondary N) is 2. The maximum Gasteiger partial charge on any atom is 0.407 e. The van der Waals surface area contributed by atoms with Crippen molar-refractivity contribution < 1.29 is 28.6 Å². The molecule has 2 aromatic heterocycles. The molecule has 3 heterocycles. The van der Waals surface area contributed by atoms with E-state index in [0.717, 1.165) is 33.9 Å². The molecule has 35 heavy (non-hydrogen) atoms. The van der Waals surface area contributed by atoms with Crippen LogP contribution in [0.5, 0.6) is 0 Å². The zero-order valence-electron chi connectivity index (χ0n) is 19.7. The number of benzene rings is 1. The third-order valence-electron chi connectivity index (χ3n) is 5.38. The first kappa shape index (κ1) is 24.6. The maximum atomic E-state index is 13.0. The van der Waals surface area contributed by atoms with Crippen LogP contribution in [0, 0.1) is 0 Å². The number of carboxylic acid groups (broad SMARTS) is 1. The fraction of sp³-hybridized carbons (Fsp3) is 0.435. The number of aliphatic carboxylic acids is 1. The van der Waals surface area contributed by atoms with E-state index in [0.29, 0.717) is 12.3 Å². The molecule has 0 unspecified atom stereocenters. The average molecular weight is 502 g/mol. The number of fused-ring (bicyclic) bond motifs is 3. The second-order valence-corrected chi connectivity index (χ2v) is 10.1. The number of H-pyrrole nitrogens is 1.